The van der Waals surface area contributed by atoms with Crippen molar-refractivity contribution in [2.45, 2.75) is 38.5 Å². The summed E-state index contributed by atoms with van der Waals surface area (Å²) in [4.78, 5) is 11.3. The van der Waals surface area contributed by atoms with Crippen LogP contribution < -0.4 is 10.1 Å². The monoisotopic (exact) mass is 260 g/mol. The SMILES string of the molecule is CC(=O)NC1(C)[C@H](C)Oc2ccc(C#N)cc2[C@H]1O. The summed E-state index contributed by atoms with van der Waals surface area (Å²) < 4.78 is 5.73. The number of carbonyl (C=O) groups excluding carboxylic acids is 1. The van der Waals surface area contributed by atoms with E-state index in [0.717, 1.165) is 0 Å². The fourth-order valence-corrected chi connectivity index (χ4v) is 2.35. The van der Waals surface area contributed by atoms with Gasteiger partial charge in [-0.1, -0.05) is 0 Å². The number of nitriles is 1. The quantitative estimate of drug-likeness (QED) is 0.796. The number of nitrogens with zero attached hydrogens (tertiary/aromatic N) is 1. The lowest BCUT2D eigenvalue weighted by atomic mass is 9.81. The number of hydrogen-bond acceptors (Lipinski definition) is 4. The van der Waals surface area contributed by atoms with E-state index in [0.29, 0.717) is 16.9 Å². The predicted molar refractivity (Wildman–Crippen MR) is 68.4 cm³/mol. The van der Waals surface area contributed by atoms with Crippen molar-refractivity contribution >= 4 is 5.91 Å². The van der Waals surface area contributed by atoms with Gasteiger partial charge in [0.05, 0.1) is 11.6 Å². The standard InChI is InChI=1S/C14H16N2O3/c1-8-14(3,16-9(2)17)13(18)11-6-10(7-15)4-5-12(11)19-8/h4-6,8,13,18H,1-3H3,(H,16,17)/t8-,13+,14?/m0/s1. The molecule has 0 fully saturated rings. The fourth-order valence-electron chi connectivity index (χ4n) is 2.35. The van der Waals surface area contributed by atoms with Crippen LogP contribution in [0.3, 0.4) is 0 Å². The maximum atomic E-state index is 11.3. The molecule has 5 nitrogen and oxygen atoms in total. The summed E-state index contributed by atoms with van der Waals surface area (Å²) >= 11 is 0. The lowest BCUT2D eigenvalue weighted by Crippen LogP contribution is -2.60. The van der Waals surface area contributed by atoms with E-state index >= 15 is 0 Å². The Kier molecular flexibility index (Phi) is 3.21. The van der Waals surface area contributed by atoms with E-state index in [1.165, 1.54) is 6.92 Å². The molecule has 1 heterocycles. The van der Waals surface area contributed by atoms with E-state index in [9.17, 15) is 9.90 Å². The molecule has 3 atom stereocenters. The van der Waals surface area contributed by atoms with Gasteiger partial charge in [-0.25, -0.2) is 0 Å². The molecule has 0 spiro atoms. The third kappa shape index (κ3) is 2.15. The van der Waals surface area contributed by atoms with Crippen molar-refractivity contribution in [1.82, 2.24) is 5.32 Å². The van der Waals surface area contributed by atoms with Gasteiger partial charge in [-0.05, 0) is 32.0 Å². The van der Waals surface area contributed by atoms with Gasteiger partial charge in [0, 0.05) is 12.5 Å². The van der Waals surface area contributed by atoms with Crippen molar-refractivity contribution in [2.75, 3.05) is 0 Å². The highest BCUT2D eigenvalue weighted by Gasteiger charge is 2.46. The zero-order valence-corrected chi connectivity index (χ0v) is 11.1. The summed E-state index contributed by atoms with van der Waals surface area (Å²) in [5.74, 6) is 0.304. The molecule has 2 rings (SSSR count). The molecule has 19 heavy (non-hydrogen) atoms. The molecule has 5 heteroatoms. The Morgan fingerprint density at radius 3 is 2.84 bits per heavy atom. The van der Waals surface area contributed by atoms with Crippen molar-refractivity contribution in [1.29, 1.82) is 5.26 Å². The molecule has 1 unspecified atom stereocenters. The molecule has 1 aromatic rings. The van der Waals surface area contributed by atoms with Crippen LogP contribution in [0, 0.1) is 11.3 Å². The van der Waals surface area contributed by atoms with Gasteiger partial charge in [0.15, 0.2) is 0 Å². The molecule has 2 N–H and O–H groups in total. The van der Waals surface area contributed by atoms with E-state index in [2.05, 4.69) is 5.32 Å². The molecule has 0 saturated heterocycles. The summed E-state index contributed by atoms with van der Waals surface area (Å²) in [6, 6.07) is 6.92. The van der Waals surface area contributed by atoms with Crippen LogP contribution in [-0.2, 0) is 4.79 Å². The molecular weight excluding hydrogens is 244 g/mol. The van der Waals surface area contributed by atoms with Crippen molar-refractivity contribution in [3.05, 3.63) is 29.3 Å². The average molecular weight is 260 g/mol. The van der Waals surface area contributed by atoms with Gasteiger partial charge in [-0.2, -0.15) is 5.26 Å². The minimum atomic E-state index is -0.927. The first-order valence-corrected chi connectivity index (χ1v) is 6.06. The highest BCUT2D eigenvalue weighted by atomic mass is 16.5. The Bertz CT molecular complexity index is 564. The van der Waals surface area contributed by atoms with Crippen molar-refractivity contribution < 1.29 is 14.6 Å². The van der Waals surface area contributed by atoms with Crippen LogP contribution in [0.25, 0.3) is 0 Å². The van der Waals surface area contributed by atoms with E-state index in [1.54, 1.807) is 32.0 Å². The Balaban J connectivity index is 2.48. The van der Waals surface area contributed by atoms with Crippen LogP contribution in [0.15, 0.2) is 18.2 Å². The van der Waals surface area contributed by atoms with Crippen LogP contribution in [-0.4, -0.2) is 22.7 Å². The molecule has 1 amide bonds. The average Bonchev–Trinajstić information content (AvgIpc) is 2.36. The van der Waals surface area contributed by atoms with Crippen molar-refractivity contribution in [3.63, 3.8) is 0 Å². The number of rotatable bonds is 1. The summed E-state index contributed by atoms with van der Waals surface area (Å²) in [7, 11) is 0. The summed E-state index contributed by atoms with van der Waals surface area (Å²) in [5.41, 5.74) is 0.0435. The Labute approximate surface area is 111 Å². The number of aliphatic hydroxyl groups is 1. The zero-order valence-electron chi connectivity index (χ0n) is 11.1. The first-order chi connectivity index (χ1) is 8.88. The number of ether oxygens (including phenoxy) is 1. The third-order valence-electron chi connectivity index (χ3n) is 3.60. The lowest BCUT2D eigenvalue weighted by Gasteiger charge is -2.44. The van der Waals surface area contributed by atoms with E-state index in [1.807, 2.05) is 6.07 Å². The Morgan fingerprint density at radius 1 is 1.58 bits per heavy atom. The van der Waals surface area contributed by atoms with E-state index < -0.39 is 11.6 Å². The van der Waals surface area contributed by atoms with Crippen LogP contribution in [0.4, 0.5) is 0 Å². The lowest BCUT2D eigenvalue weighted by molar-refractivity contribution is -0.125. The molecule has 0 saturated carbocycles. The van der Waals surface area contributed by atoms with Gasteiger partial charge >= 0.3 is 0 Å². The first-order valence-electron chi connectivity index (χ1n) is 6.06. The maximum absolute atomic E-state index is 11.3. The van der Waals surface area contributed by atoms with Gasteiger partial charge in [-0.15, -0.1) is 0 Å². The second kappa shape index (κ2) is 4.56. The summed E-state index contributed by atoms with van der Waals surface area (Å²) in [5, 5.41) is 22.2. The van der Waals surface area contributed by atoms with Crippen LogP contribution in [0.5, 0.6) is 5.75 Å². The number of aliphatic hydroxyl groups excluding tert-OH is 1. The number of carbonyl (C=O) groups is 1. The van der Waals surface area contributed by atoms with Gasteiger partial charge in [-0.3, -0.25) is 4.79 Å². The van der Waals surface area contributed by atoms with Gasteiger partial charge in [0.25, 0.3) is 0 Å². The van der Waals surface area contributed by atoms with Crippen molar-refractivity contribution in [2.24, 2.45) is 0 Å². The number of benzene rings is 1. The topological polar surface area (TPSA) is 82.3 Å². The van der Waals surface area contributed by atoms with Crippen LogP contribution in [0.1, 0.15) is 38.0 Å². The molecule has 0 radical (unpaired) electrons. The number of hydrogen-bond donors (Lipinski definition) is 2. The highest BCUT2D eigenvalue weighted by Crippen LogP contribution is 2.41. The Hall–Kier alpha value is -2.06. The minimum absolute atomic E-state index is 0.239. The molecule has 100 valence electrons. The molecule has 1 aliphatic heterocycles. The second-order valence-electron chi connectivity index (χ2n) is 4.99. The Morgan fingerprint density at radius 2 is 2.26 bits per heavy atom. The van der Waals surface area contributed by atoms with Gasteiger partial charge < -0.3 is 15.2 Å². The van der Waals surface area contributed by atoms with Crippen LogP contribution >= 0.6 is 0 Å². The number of nitrogens with one attached hydrogen (secondary N) is 1. The molecule has 1 aromatic carbocycles. The third-order valence-corrected chi connectivity index (χ3v) is 3.60. The van der Waals surface area contributed by atoms with E-state index in [4.69, 9.17) is 10.00 Å². The first kappa shape index (κ1) is 13.4. The normalized spacial score (nSPS) is 28.8. The molecule has 0 aliphatic carbocycles. The smallest absolute Gasteiger partial charge is 0.217 e. The minimum Gasteiger partial charge on any atom is -0.488 e. The number of amides is 1. The van der Waals surface area contributed by atoms with Crippen molar-refractivity contribution in [3.8, 4) is 11.8 Å². The fraction of sp³-hybridized carbons (Fsp3) is 0.429. The summed E-state index contributed by atoms with van der Waals surface area (Å²) in [6.07, 6.45) is -1.31. The maximum Gasteiger partial charge on any atom is 0.217 e. The van der Waals surface area contributed by atoms with Gasteiger partial charge in [0.1, 0.15) is 23.5 Å². The summed E-state index contributed by atoms with van der Waals surface area (Å²) in [6.45, 7) is 4.91. The molecule has 1 aliphatic rings. The number of fused-ring (bicyclic) bond motifs is 1. The van der Waals surface area contributed by atoms with Gasteiger partial charge in [0.2, 0.25) is 5.91 Å². The highest BCUT2D eigenvalue weighted by molar-refractivity contribution is 5.74. The molecule has 0 aromatic heterocycles. The largest absolute Gasteiger partial charge is 0.488 e. The second-order valence-corrected chi connectivity index (χ2v) is 4.99. The van der Waals surface area contributed by atoms with E-state index in [-0.39, 0.29) is 12.0 Å². The van der Waals surface area contributed by atoms with Crippen LogP contribution in [0.2, 0.25) is 0 Å². The predicted octanol–water partition coefficient (Wildman–Crippen LogP) is 1.27. The molecule has 0 bridgehead atoms. The molecular formula is C14H16N2O3. The zero-order chi connectivity index (χ0) is 14.2.